The first-order valence-corrected chi connectivity index (χ1v) is 8.61. The summed E-state index contributed by atoms with van der Waals surface area (Å²) in [5.41, 5.74) is 0.524. The van der Waals surface area contributed by atoms with Gasteiger partial charge in [-0.3, -0.25) is 0 Å². The SMILES string of the molecule is COc1ccc(N2CCN(C(=O)Nc3ccc(F)c(F)c3F)CC2)cc1OC. The van der Waals surface area contributed by atoms with Gasteiger partial charge in [0.1, 0.15) is 0 Å². The number of nitrogens with one attached hydrogen (secondary N) is 1. The minimum absolute atomic E-state index is 0.380. The van der Waals surface area contributed by atoms with Crippen molar-refractivity contribution in [3.8, 4) is 11.5 Å². The highest BCUT2D eigenvalue weighted by atomic mass is 19.2. The number of piperazine rings is 1. The van der Waals surface area contributed by atoms with Gasteiger partial charge in [-0.05, 0) is 24.3 Å². The van der Waals surface area contributed by atoms with Crippen LogP contribution in [0.4, 0.5) is 29.3 Å². The number of methoxy groups -OCH3 is 2. The van der Waals surface area contributed by atoms with E-state index < -0.39 is 29.2 Å². The number of carbonyl (C=O) groups excluding carboxylic acids is 1. The van der Waals surface area contributed by atoms with Crippen molar-refractivity contribution in [2.75, 3.05) is 50.6 Å². The number of nitrogens with zero attached hydrogens (tertiary/aromatic N) is 2. The van der Waals surface area contributed by atoms with Crippen molar-refractivity contribution in [3.05, 3.63) is 47.8 Å². The molecule has 6 nitrogen and oxygen atoms in total. The molecule has 0 unspecified atom stereocenters. The van der Waals surface area contributed by atoms with Crippen molar-refractivity contribution in [1.82, 2.24) is 4.90 Å². The first-order valence-electron chi connectivity index (χ1n) is 8.61. The van der Waals surface area contributed by atoms with Crippen LogP contribution in [-0.2, 0) is 0 Å². The van der Waals surface area contributed by atoms with E-state index in [1.54, 1.807) is 20.3 Å². The molecular formula is C19H20F3N3O3. The Morgan fingerprint density at radius 3 is 2.25 bits per heavy atom. The van der Waals surface area contributed by atoms with Gasteiger partial charge in [0, 0.05) is 37.9 Å². The Kier molecular flexibility index (Phi) is 5.81. The summed E-state index contributed by atoms with van der Waals surface area (Å²) in [7, 11) is 3.12. The first-order chi connectivity index (χ1) is 13.4. The molecule has 0 saturated carbocycles. The van der Waals surface area contributed by atoms with E-state index in [0.29, 0.717) is 37.7 Å². The molecule has 1 fully saturated rings. The summed E-state index contributed by atoms with van der Waals surface area (Å²) < 4.78 is 50.6. The van der Waals surface area contributed by atoms with Crippen molar-refractivity contribution >= 4 is 17.4 Å². The van der Waals surface area contributed by atoms with Gasteiger partial charge >= 0.3 is 6.03 Å². The van der Waals surface area contributed by atoms with Crippen LogP contribution in [0.2, 0.25) is 0 Å². The van der Waals surface area contributed by atoms with Gasteiger partial charge in [-0.1, -0.05) is 0 Å². The molecule has 2 aromatic rings. The Morgan fingerprint density at radius 2 is 1.61 bits per heavy atom. The fourth-order valence-electron chi connectivity index (χ4n) is 3.01. The Hall–Kier alpha value is -3.10. The normalized spacial score (nSPS) is 14.0. The lowest BCUT2D eigenvalue weighted by Gasteiger charge is -2.36. The third-order valence-corrected chi connectivity index (χ3v) is 4.58. The molecule has 28 heavy (non-hydrogen) atoms. The second-order valence-corrected chi connectivity index (χ2v) is 6.17. The molecular weight excluding hydrogens is 375 g/mol. The first kappa shape index (κ1) is 19.7. The average molecular weight is 395 g/mol. The predicted molar refractivity (Wildman–Crippen MR) is 98.7 cm³/mol. The number of hydrogen-bond acceptors (Lipinski definition) is 4. The summed E-state index contributed by atoms with van der Waals surface area (Å²) in [6.07, 6.45) is 0. The predicted octanol–water partition coefficient (Wildman–Crippen LogP) is 3.48. The minimum atomic E-state index is -1.61. The largest absolute Gasteiger partial charge is 0.493 e. The van der Waals surface area contributed by atoms with E-state index in [4.69, 9.17) is 9.47 Å². The van der Waals surface area contributed by atoms with Crippen LogP contribution in [0.1, 0.15) is 0 Å². The number of benzene rings is 2. The third kappa shape index (κ3) is 3.92. The van der Waals surface area contributed by atoms with E-state index in [1.165, 1.54) is 4.90 Å². The number of rotatable bonds is 4. The smallest absolute Gasteiger partial charge is 0.322 e. The van der Waals surface area contributed by atoms with Crippen molar-refractivity contribution in [2.24, 2.45) is 0 Å². The van der Waals surface area contributed by atoms with Crippen LogP contribution >= 0.6 is 0 Å². The van der Waals surface area contributed by atoms with Crippen LogP contribution in [0, 0.1) is 17.5 Å². The standard InChI is InChI=1S/C19H20F3N3O3/c1-27-15-6-3-12(11-16(15)28-2)24-7-9-25(10-8-24)19(26)23-14-5-4-13(20)17(21)18(14)22/h3-6,11H,7-10H2,1-2H3,(H,23,26). The molecule has 1 heterocycles. The maximum atomic E-state index is 13.7. The topological polar surface area (TPSA) is 54.0 Å². The lowest BCUT2D eigenvalue weighted by Crippen LogP contribution is -2.50. The highest BCUT2D eigenvalue weighted by Crippen LogP contribution is 2.32. The summed E-state index contributed by atoms with van der Waals surface area (Å²) in [4.78, 5) is 15.9. The zero-order valence-electron chi connectivity index (χ0n) is 15.5. The van der Waals surface area contributed by atoms with Crippen molar-refractivity contribution in [1.29, 1.82) is 0 Å². The number of hydrogen-bond donors (Lipinski definition) is 1. The van der Waals surface area contributed by atoms with E-state index in [-0.39, 0.29) is 0 Å². The molecule has 3 rings (SSSR count). The summed E-state index contributed by atoms with van der Waals surface area (Å²) in [5.74, 6) is -3.11. The van der Waals surface area contributed by atoms with Crippen molar-refractivity contribution in [3.63, 3.8) is 0 Å². The fourth-order valence-corrected chi connectivity index (χ4v) is 3.01. The Bertz CT molecular complexity index is 871. The van der Waals surface area contributed by atoms with Crippen LogP contribution < -0.4 is 19.7 Å². The van der Waals surface area contributed by atoms with E-state index >= 15 is 0 Å². The van der Waals surface area contributed by atoms with Crippen LogP contribution in [0.25, 0.3) is 0 Å². The van der Waals surface area contributed by atoms with Crippen molar-refractivity contribution < 1.29 is 27.4 Å². The maximum Gasteiger partial charge on any atom is 0.322 e. The number of halogens is 3. The molecule has 0 spiro atoms. The third-order valence-electron chi connectivity index (χ3n) is 4.58. The molecule has 0 atom stereocenters. The van der Waals surface area contributed by atoms with Crippen LogP contribution in [-0.4, -0.2) is 51.3 Å². The number of ether oxygens (including phenoxy) is 2. The Labute approximate surface area is 160 Å². The molecule has 1 aliphatic rings. The second-order valence-electron chi connectivity index (χ2n) is 6.17. The van der Waals surface area contributed by atoms with E-state index in [0.717, 1.165) is 17.8 Å². The molecule has 2 aromatic carbocycles. The van der Waals surface area contributed by atoms with Gasteiger partial charge < -0.3 is 24.6 Å². The lowest BCUT2D eigenvalue weighted by atomic mass is 10.2. The molecule has 150 valence electrons. The van der Waals surface area contributed by atoms with Gasteiger partial charge in [0.25, 0.3) is 0 Å². The summed E-state index contributed by atoms with van der Waals surface area (Å²) in [6, 6.07) is 6.74. The highest BCUT2D eigenvalue weighted by Gasteiger charge is 2.23. The van der Waals surface area contributed by atoms with E-state index in [1.807, 2.05) is 12.1 Å². The Balaban J connectivity index is 1.62. The van der Waals surface area contributed by atoms with Gasteiger partial charge in [-0.15, -0.1) is 0 Å². The monoisotopic (exact) mass is 395 g/mol. The van der Waals surface area contributed by atoms with Crippen LogP contribution in [0.5, 0.6) is 11.5 Å². The zero-order valence-corrected chi connectivity index (χ0v) is 15.5. The number of anilines is 2. The van der Waals surface area contributed by atoms with Gasteiger partial charge in [-0.25, -0.2) is 18.0 Å². The van der Waals surface area contributed by atoms with Gasteiger partial charge in [0.15, 0.2) is 29.0 Å². The average Bonchev–Trinajstić information content (AvgIpc) is 2.73. The number of amides is 2. The minimum Gasteiger partial charge on any atom is -0.493 e. The molecule has 0 aromatic heterocycles. The second kappa shape index (κ2) is 8.28. The van der Waals surface area contributed by atoms with Crippen molar-refractivity contribution in [2.45, 2.75) is 0 Å². The summed E-state index contributed by atoms with van der Waals surface area (Å²) >= 11 is 0. The van der Waals surface area contributed by atoms with Gasteiger partial charge in [0.05, 0.1) is 19.9 Å². The van der Waals surface area contributed by atoms with E-state index in [9.17, 15) is 18.0 Å². The zero-order chi connectivity index (χ0) is 20.3. The molecule has 1 saturated heterocycles. The molecule has 9 heteroatoms. The maximum absolute atomic E-state index is 13.7. The molecule has 0 radical (unpaired) electrons. The molecule has 2 amide bonds. The Morgan fingerprint density at radius 1 is 0.929 bits per heavy atom. The molecule has 0 aliphatic carbocycles. The summed E-state index contributed by atoms with van der Waals surface area (Å²) in [5, 5.41) is 2.29. The van der Waals surface area contributed by atoms with Gasteiger partial charge in [0.2, 0.25) is 0 Å². The molecule has 1 N–H and O–H groups in total. The molecule has 0 bridgehead atoms. The van der Waals surface area contributed by atoms with Gasteiger partial charge in [-0.2, -0.15) is 0 Å². The lowest BCUT2D eigenvalue weighted by molar-refractivity contribution is 0.208. The fraction of sp³-hybridized carbons (Fsp3) is 0.316. The van der Waals surface area contributed by atoms with Crippen LogP contribution in [0.3, 0.4) is 0 Å². The van der Waals surface area contributed by atoms with Crippen LogP contribution in [0.15, 0.2) is 30.3 Å². The number of urea groups is 1. The number of carbonyl (C=O) groups is 1. The quantitative estimate of drug-likeness (QED) is 0.806. The molecule has 1 aliphatic heterocycles. The summed E-state index contributed by atoms with van der Waals surface area (Å²) in [6.45, 7) is 1.85. The van der Waals surface area contributed by atoms with E-state index in [2.05, 4.69) is 10.2 Å². The highest BCUT2D eigenvalue weighted by molar-refractivity contribution is 5.89.